The highest BCUT2D eigenvalue weighted by atomic mass is 79.9. The third kappa shape index (κ3) is 4.38. The Labute approximate surface area is 229 Å². The van der Waals surface area contributed by atoms with Crippen molar-refractivity contribution < 1.29 is 13.9 Å². The maximum atomic E-state index is 13.8. The van der Waals surface area contributed by atoms with E-state index in [1.54, 1.807) is 23.1 Å². The van der Waals surface area contributed by atoms with Crippen molar-refractivity contribution in [2.75, 3.05) is 4.90 Å². The molecule has 1 aliphatic heterocycles. The average Bonchev–Trinajstić information content (AvgIpc) is 3.21. The van der Waals surface area contributed by atoms with Crippen molar-refractivity contribution in [3.63, 3.8) is 0 Å². The van der Waals surface area contributed by atoms with Crippen LogP contribution >= 0.6 is 31.9 Å². The molecule has 6 rings (SSSR count). The van der Waals surface area contributed by atoms with Crippen LogP contribution in [0.3, 0.4) is 0 Å². The number of ether oxygens (including phenoxy) is 1. The first-order valence-electron chi connectivity index (χ1n) is 11.6. The van der Waals surface area contributed by atoms with Gasteiger partial charge in [0.05, 0.1) is 17.0 Å². The van der Waals surface area contributed by atoms with Crippen LogP contribution in [-0.2, 0) is 6.61 Å². The fourth-order valence-electron chi connectivity index (χ4n) is 4.64. The van der Waals surface area contributed by atoms with E-state index in [0.717, 1.165) is 20.1 Å². The van der Waals surface area contributed by atoms with Gasteiger partial charge in [-0.25, -0.2) is 0 Å². The highest BCUT2D eigenvalue weighted by Gasteiger charge is 2.43. The van der Waals surface area contributed by atoms with Crippen molar-refractivity contribution in [2.45, 2.75) is 12.6 Å². The van der Waals surface area contributed by atoms with Crippen LogP contribution in [0.25, 0.3) is 11.0 Å². The van der Waals surface area contributed by atoms with Crippen molar-refractivity contribution >= 4 is 54.4 Å². The van der Waals surface area contributed by atoms with Crippen LogP contribution in [0.5, 0.6) is 5.75 Å². The summed E-state index contributed by atoms with van der Waals surface area (Å²) in [5.74, 6) is 0.342. The SMILES string of the molecule is O=C1c2oc3ccc(Br)cc3c(=O)c2C(c2cccc(OCc3ccccc3)c2)N1c1ccc(Br)cc1. The maximum Gasteiger partial charge on any atom is 0.295 e. The number of amides is 1. The molecule has 0 saturated heterocycles. The molecule has 7 heteroatoms. The molecule has 0 spiro atoms. The normalized spacial score (nSPS) is 14.7. The molecule has 5 aromatic rings. The van der Waals surface area contributed by atoms with Gasteiger partial charge in [-0.3, -0.25) is 14.5 Å². The minimum absolute atomic E-state index is 0.0587. The van der Waals surface area contributed by atoms with Gasteiger partial charge in [0.1, 0.15) is 17.9 Å². The van der Waals surface area contributed by atoms with Gasteiger partial charge in [0.15, 0.2) is 5.43 Å². The lowest BCUT2D eigenvalue weighted by Crippen LogP contribution is -2.29. The molecule has 1 atom stereocenters. The van der Waals surface area contributed by atoms with Crippen LogP contribution in [0.4, 0.5) is 5.69 Å². The van der Waals surface area contributed by atoms with E-state index in [2.05, 4.69) is 31.9 Å². The second kappa shape index (κ2) is 9.65. The Morgan fingerprint density at radius 3 is 2.35 bits per heavy atom. The Balaban J connectivity index is 1.50. The lowest BCUT2D eigenvalue weighted by atomic mass is 9.98. The fraction of sp³-hybridized carbons (Fsp3) is 0.0667. The summed E-state index contributed by atoms with van der Waals surface area (Å²) in [4.78, 5) is 29.2. The van der Waals surface area contributed by atoms with Gasteiger partial charge in [-0.2, -0.15) is 0 Å². The second-order valence-electron chi connectivity index (χ2n) is 8.72. The maximum absolute atomic E-state index is 13.8. The third-order valence-electron chi connectivity index (χ3n) is 6.36. The smallest absolute Gasteiger partial charge is 0.295 e. The number of benzene rings is 4. The molecule has 4 aromatic carbocycles. The summed E-state index contributed by atoms with van der Waals surface area (Å²) in [6, 6.07) is 29.4. The Bertz CT molecular complexity index is 1700. The van der Waals surface area contributed by atoms with Crippen LogP contribution in [0.2, 0.25) is 0 Å². The lowest BCUT2D eigenvalue weighted by molar-refractivity contribution is 0.0971. The summed E-state index contributed by atoms with van der Waals surface area (Å²) < 4.78 is 13.8. The van der Waals surface area contributed by atoms with E-state index in [1.165, 1.54) is 0 Å². The molecule has 1 aliphatic rings. The monoisotopic (exact) mass is 615 g/mol. The molecule has 1 aromatic heterocycles. The van der Waals surface area contributed by atoms with Gasteiger partial charge in [0.2, 0.25) is 5.76 Å². The topological polar surface area (TPSA) is 59.8 Å². The summed E-state index contributed by atoms with van der Waals surface area (Å²) in [5.41, 5.74) is 2.91. The zero-order valence-corrected chi connectivity index (χ0v) is 22.5. The van der Waals surface area contributed by atoms with Gasteiger partial charge in [-0.1, -0.05) is 74.3 Å². The Morgan fingerprint density at radius 1 is 0.811 bits per heavy atom. The van der Waals surface area contributed by atoms with E-state index in [0.29, 0.717) is 34.6 Å². The zero-order valence-electron chi connectivity index (χ0n) is 19.4. The van der Waals surface area contributed by atoms with E-state index < -0.39 is 6.04 Å². The van der Waals surface area contributed by atoms with E-state index in [9.17, 15) is 9.59 Å². The van der Waals surface area contributed by atoms with E-state index in [1.807, 2.05) is 78.9 Å². The largest absolute Gasteiger partial charge is 0.489 e. The van der Waals surface area contributed by atoms with Gasteiger partial charge in [-0.15, -0.1) is 0 Å². The van der Waals surface area contributed by atoms with Gasteiger partial charge in [0.25, 0.3) is 5.91 Å². The van der Waals surface area contributed by atoms with Crippen LogP contribution in [0.1, 0.15) is 33.3 Å². The number of carbonyl (C=O) groups excluding carboxylic acids is 1. The summed E-state index contributed by atoms with van der Waals surface area (Å²) in [7, 11) is 0. The highest BCUT2D eigenvalue weighted by Crippen LogP contribution is 2.42. The average molecular weight is 617 g/mol. The fourth-order valence-corrected chi connectivity index (χ4v) is 5.27. The van der Waals surface area contributed by atoms with Gasteiger partial charge in [-0.05, 0) is 65.7 Å². The molecule has 37 heavy (non-hydrogen) atoms. The molecule has 0 fully saturated rings. The Morgan fingerprint density at radius 2 is 1.57 bits per heavy atom. The van der Waals surface area contributed by atoms with E-state index >= 15 is 0 Å². The Kier molecular flexibility index (Phi) is 6.18. The Hall–Kier alpha value is -3.68. The highest BCUT2D eigenvalue weighted by molar-refractivity contribution is 9.10. The predicted molar refractivity (Wildman–Crippen MR) is 150 cm³/mol. The molecule has 2 heterocycles. The lowest BCUT2D eigenvalue weighted by Gasteiger charge is -2.25. The molecule has 0 N–H and O–H groups in total. The minimum Gasteiger partial charge on any atom is -0.489 e. The zero-order chi connectivity index (χ0) is 25.5. The van der Waals surface area contributed by atoms with Crippen molar-refractivity contribution in [3.05, 3.63) is 139 Å². The number of hydrogen-bond acceptors (Lipinski definition) is 4. The molecular weight excluding hydrogens is 598 g/mol. The third-order valence-corrected chi connectivity index (χ3v) is 7.38. The van der Waals surface area contributed by atoms with E-state index in [-0.39, 0.29) is 17.1 Å². The molecule has 1 unspecified atom stereocenters. The van der Waals surface area contributed by atoms with Crippen LogP contribution in [0, 0.1) is 0 Å². The van der Waals surface area contributed by atoms with Crippen molar-refractivity contribution in [1.29, 1.82) is 0 Å². The van der Waals surface area contributed by atoms with Gasteiger partial charge < -0.3 is 9.15 Å². The summed E-state index contributed by atoms with van der Waals surface area (Å²) in [6.07, 6.45) is 0. The molecule has 0 bridgehead atoms. The van der Waals surface area contributed by atoms with Crippen LogP contribution in [0.15, 0.2) is 115 Å². The standard InChI is InChI=1S/C30H19Br2NO4/c31-20-9-12-22(13-10-20)33-27(19-7-4-8-23(15-19)36-17-18-5-2-1-3-6-18)26-28(34)24-16-21(32)11-14-25(24)37-29(26)30(33)35/h1-16,27H,17H2. The minimum atomic E-state index is -0.677. The van der Waals surface area contributed by atoms with Crippen molar-refractivity contribution in [2.24, 2.45) is 0 Å². The number of nitrogens with zero attached hydrogens (tertiary/aromatic N) is 1. The van der Waals surface area contributed by atoms with Gasteiger partial charge in [0, 0.05) is 14.6 Å². The quantitative estimate of drug-likeness (QED) is 0.204. The number of fused-ring (bicyclic) bond motifs is 2. The molecule has 0 saturated carbocycles. The molecular formula is C30H19Br2NO4. The number of halogens is 2. The van der Waals surface area contributed by atoms with E-state index in [4.69, 9.17) is 9.15 Å². The van der Waals surface area contributed by atoms with Crippen LogP contribution in [-0.4, -0.2) is 5.91 Å². The van der Waals surface area contributed by atoms with Crippen molar-refractivity contribution in [3.8, 4) is 5.75 Å². The number of anilines is 1. The van der Waals surface area contributed by atoms with Gasteiger partial charge >= 0.3 is 0 Å². The summed E-state index contributed by atoms with van der Waals surface area (Å²) in [6.45, 7) is 0.404. The number of hydrogen-bond donors (Lipinski definition) is 0. The summed E-state index contributed by atoms with van der Waals surface area (Å²) >= 11 is 6.90. The first-order valence-corrected chi connectivity index (χ1v) is 13.2. The first kappa shape index (κ1) is 23.7. The molecule has 5 nitrogen and oxygen atoms in total. The van der Waals surface area contributed by atoms with Crippen molar-refractivity contribution in [1.82, 2.24) is 0 Å². The summed E-state index contributed by atoms with van der Waals surface area (Å²) in [5, 5.41) is 0.417. The molecule has 182 valence electrons. The van der Waals surface area contributed by atoms with Crippen LogP contribution < -0.4 is 15.1 Å². The molecule has 0 aliphatic carbocycles. The number of carbonyl (C=O) groups is 1. The first-order chi connectivity index (χ1) is 18.0. The molecule has 1 amide bonds. The predicted octanol–water partition coefficient (Wildman–Crippen LogP) is 7.65. The molecule has 0 radical (unpaired) electrons. The number of rotatable bonds is 5. The second-order valence-corrected chi connectivity index (χ2v) is 10.5.